The van der Waals surface area contributed by atoms with Crippen LogP contribution in [0.15, 0.2) is 30.3 Å². The molecule has 1 aliphatic heterocycles. The van der Waals surface area contributed by atoms with Gasteiger partial charge in [-0.05, 0) is 50.8 Å². The second kappa shape index (κ2) is 7.99. The van der Waals surface area contributed by atoms with Gasteiger partial charge in [0.1, 0.15) is 6.04 Å². The van der Waals surface area contributed by atoms with Crippen molar-refractivity contribution in [3.8, 4) is 0 Å². The molecule has 3 rings (SSSR count). The number of anilines is 1. The lowest BCUT2D eigenvalue weighted by molar-refractivity contribution is -0.129. The van der Waals surface area contributed by atoms with E-state index < -0.39 is 6.04 Å². The van der Waals surface area contributed by atoms with E-state index >= 15 is 0 Å². The average molecular weight is 352 g/mol. The fraction of sp³-hybridized carbons (Fsp3) is 0.556. The second-order valence-electron chi connectivity index (χ2n) is 6.72. The van der Waals surface area contributed by atoms with E-state index in [1.54, 1.807) is 4.90 Å². The third-order valence-corrected chi connectivity index (χ3v) is 5.20. The van der Waals surface area contributed by atoms with Crippen LogP contribution in [0.25, 0.3) is 0 Å². The fourth-order valence-electron chi connectivity index (χ4n) is 3.97. The molecular formula is C18H26ClN3O2. The fourth-order valence-corrected chi connectivity index (χ4v) is 3.97. The van der Waals surface area contributed by atoms with Gasteiger partial charge in [0.2, 0.25) is 11.8 Å². The molecule has 2 amide bonds. The number of carbonyl (C=O) groups is 2. The Kier molecular flexibility index (Phi) is 6.24. The Hall–Kier alpha value is -1.59. The largest absolute Gasteiger partial charge is 0.344 e. The summed E-state index contributed by atoms with van der Waals surface area (Å²) in [5.74, 6) is 0.209. The third kappa shape index (κ3) is 3.57. The second-order valence-corrected chi connectivity index (χ2v) is 6.72. The summed E-state index contributed by atoms with van der Waals surface area (Å²) in [6.07, 6.45) is 3.59. The number of nitrogens with one attached hydrogen (secondary N) is 1. The highest BCUT2D eigenvalue weighted by Gasteiger charge is 2.41. The van der Waals surface area contributed by atoms with Gasteiger partial charge in [0.25, 0.3) is 0 Å². The zero-order valence-electron chi connectivity index (χ0n) is 14.0. The maximum atomic E-state index is 12.7. The molecule has 4 atom stereocenters. The van der Waals surface area contributed by atoms with Crippen LogP contribution in [0, 0.1) is 11.8 Å². The predicted molar refractivity (Wildman–Crippen MR) is 97.1 cm³/mol. The van der Waals surface area contributed by atoms with Crippen LogP contribution in [0.3, 0.4) is 0 Å². The van der Waals surface area contributed by atoms with Crippen LogP contribution in [-0.4, -0.2) is 30.4 Å². The molecule has 0 bridgehead atoms. The molecule has 3 N–H and O–H groups in total. The number of nitrogens with two attached hydrogens (primary N) is 1. The van der Waals surface area contributed by atoms with Crippen LogP contribution < -0.4 is 16.0 Å². The lowest BCUT2D eigenvalue weighted by Gasteiger charge is -2.22. The van der Waals surface area contributed by atoms with Crippen LogP contribution >= 0.6 is 12.4 Å². The molecular weight excluding hydrogens is 326 g/mol. The van der Waals surface area contributed by atoms with E-state index in [1.165, 1.54) is 0 Å². The molecule has 1 aromatic carbocycles. The van der Waals surface area contributed by atoms with Gasteiger partial charge in [0, 0.05) is 17.6 Å². The maximum absolute atomic E-state index is 12.7. The molecule has 0 spiro atoms. The van der Waals surface area contributed by atoms with Gasteiger partial charge in [-0.3, -0.25) is 9.59 Å². The Bertz CT molecular complexity index is 581. The first-order valence-corrected chi connectivity index (χ1v) is 8.50. The van der Waals surface area contributed by atoms with E-state index in [9.17, 15) is 9.59 Å². The number of para-hydroxylation sites is 1. The number of benzene rings is 1. The van der Waals surface area contributed by atoms with Crippen molar-refractivity contribution in [1.29, 1.82) is 0 Å². The summed E-state index contributed by atoms with van der Waals surface area (Å²) in [5.41, 5.74) is 6.65. The number of hydrogen-bond acceptors (Lipinski definition) is 3. The van der Waals surface area contributed by atoms with Crippen LogP contribution in [-0.2, 0) is 9.59 Å². The van der Waals surface area contributed by atoms with Gasteiger partial charge in [-0.1, -0.05) is 24.6 Å². The molecule has 6 heteroatoms. The van der Waals surface area contributed by atoms with Crippen molar-refractivity contribution < 1.29 is 9.59 Å². The zero-order chi connectivity index (χ0) is 16.4. The Labute approximate surface area is 149 Å². The standard InChI is InChI=1S/C18H25N3O2.ClH/c1-12-10-16(18(23)21(12)14-7-3-2-4-8-14)20-17(22)15-9-5-6-13(15)11-19;/h2-4,7-8,12-13,15-16H,5-6,9-11,19H2,1H3,(H,20,22);1H/t12?,13-,15-,16?;/m1./s1. The highest BCUT2D eigenvalue weighted by Crippen LogP contribution is 2.32. The number of amides is 2. The minimum Gasteiger partial charge on any atom is -0.344 e. The summed E-state index contributed by atoms with van der Waals surface area (Å²) in [5, 5.41) is 2.98. The number of rotatable bonds is 4. The first-order valence-electron chi connectivity index (χ1n) is 8.50. The van der Waals surface area contributed by atoms with E-state index in [4.69, 9.17) is 5.73 Å². The molecule has 2 unspecified atom stereocenters. The van der Waals surface area contributed by atoms with Gasteiger partial charge in [0.15, 0.2) is 0 Å². The van der Waals surface area contributed by atoms with Crippen molar-refractivity contribution >= 4 is 29.9 Å². The first-order chi connectivity index (χ1) is 11.1. The summed E-state index contributed by atoms with van der Waals surface area (Å²) in [6.45, 7) is 2.57. The lowest BCUT2D eigenvalue weighted by Crippen LogP contribution is -2.45. The molecule has 1 aromatic rings. The molecule has 132 valence electrons. The molecule has 0 radical (unpaired) electrons. The first kappa shape index (κ1) is 18.7. The van der Waals surface area contributed by atoms with E-state index in [2.05, 4.69) is 5.32 Å². The Morgan fingerprint density at radius 2 is 2.00 bits per heavy atom. The lowest BCUT2D eigenvalue weighted by atomic mass is 9.95. The molecule has 1 saturated carbocycles. The van der Waals surface area contributed by atoms with Crippen molar-refractivity contribution in [1.82, 2.24) is 5.32 Å². The molecule has 1 aliphatic carbocycles. The Balaban J connectivity index is 0.00000208. The smallest absolute Gasteiger partial charge is 0.249 e. The van der Waals surface area contributed by atoms with Crippen LogP contribution in [0.5, 0.6) is 0 Å². The SMILES string of the molecule is CC1CC(NC(=O)[C@@H]2CCC[C@@H]2CN)C(=O)N1c1ccccc1.Cl. The molecule has 1 saturated heterocycles. The topological polar surface area (TPSA) is 75.4 Å². The van der Waals surface area contributed by atoms with Crippen molar-refractivity contribution in [2.45, 2.75) is 44.7 Å². The van der Waals surface area contributed by atoms with Crippen LogP contribution in [0.1, 0.15) is 32.6 Å². The minimum absolute atomic E-state index is 0. The Morgan fingerprint density at radius 3 is 2.67 bits per heavy atom. The summed E-state index contributed by atoms with van der Waals surface area (Å²) in [7, 11) is 0. The summed E-state index contributed by atoms with van der Waals surface area (Å²) in [4.78, 5) is 27.0. The highest BCUT2D eigenvalue weighted by molar-refractivity contribution is 6.02. The molecule has 1 heterocycles. The maximum Gasteiger partial charge on any atom is 0.249 e. The minimum atomic E-state index is -0.420. The van der Waals surface area contributed by atoms with Gasteiger partial charge in [-0.2, -0.15) is 0 Å². The number of carbonyl (C=O) groups excluding carboxylic acids is 2. The van der Waals surface area contributed by atoms with Gasteiger partial charge < -0.3 is 16.0 Å². The van der Waals surface area contributed by atoms with E-state index in [0.717, 1.165) is 24.9 Å². The predicted octanol–water partition coefficient (Wildman–Crippen LogP) is 2.09. The molecule has 2 fully saturated rings. The average Bonchev–Trinajstić information content (AvgIpc) is 3.13. The van der Waals surface area contributed by atoms with Crippen molar-refractivity contribution in [3.05, 3.63) is 30.3 Å². The Morgan fingerprint density at radius 1 is 1.29 bits per heavy atom. The third-order valence-electron chi connectivity index (χ3n) is 5.20. The monoisotopic (exact) mass is 351 g/mol. The number of halogens is 1. The molecule has 5 nitrogen and oxygen atoms in total. The molecule has 24 heavy (non-hydrogen) atoms. The number of hydrogen-bond donors (Lipinski definition) is 2. The van der Waals surface area contributed by atoms with E-state index in [1.807, 2.05) is 37.3 Å². The van der Waals surface area contributed by atoms with Crippen LogP contribution in [0.2, 0.25) is 0 Å². The normalized spacial score (nSPS) is 29.4. The van der Waals surface area contributed by atoms with E-state index in [0.29, 0.717) is 13.0 Å². The summed E-state index contributed by atoms with van der Waals surface area (Å²) < 4.78 is 0. The van der Waals surface area contributed by atoms with Crippen molar-refractivity contribution in [2.75, 3.05) is 11.4 Å². The van der Waals surface area contributed by atoms with E-state index in [-0.39, 0.29) is 42.1 Å². The zero-order valence-corrected chi connectivity index (χ0v) is 14.8. The van der Waals surface area contributed by atoms with Crippen LogP contribution in [0.4, 0.5) is 5.69 Å². The van der Waals surface area contributed by atoms with Crippen molar-refractivity contribution in [2.24, 2.45) is 17.6 Å². The molecule has 0 aromatic heterocycles. The quantitative estimate of drug-likeness (QED) is 0.872. The summed E-state index contributed by atoms with van der Waals surface area (Å²) in [6, 6.07) is 9.30. The van der Waals surface area contributed by atoms with Gasteiger partial charge in [0.05, 0.1) is 0 Å². The number of nitrogens with zero attached hydrogens (tertiary/aromatic N) is 1. The van der Waals surface area contributed by atoms with Gasteiger partial charge in [-0.15, -0.1) is 12.4 Å². The van der Waals surface area contributed by atoms with Gasteiger partial charge in [-0.25, -0.2) is 0 Å². The van der Waals surface area contributed by atoms with Crippen molar-refractivity contribution in [3.63, 3.8) is 0 Å². The highest BCUT2D eigenvalue weighted by atomic mass is 35.5. The molecule has 2 aliphatic rings. The summed E-state index contributed by atoms with van der Waals surface area (Å²) >= 11 is 0. The van der Waals surface area contributed by atoms with Gasteiger partial charge >= 0.3 is 0 Å².